The van der Waals surface area contributed by atoms with E-state index in [9.17, 15) is 9.59 Å². The second-order valence-electron chi connectivity index (χ2n) is 5.39. The highest BCUT2D eigenvalue weighted by Gasteiger charge is 2.16. The van der Waals surface area contributed by atoms with Crippen LogP contribution in [0, 0.1) is 0 Å². The number of benzene rings is 1. The zero-order valence-corrected chi connectivity index (χ0v) is 15.1. The normalized spacial score (nSPS) is 10.3. The fourth-order valence-corrected chi connectivity index (χ4v) is 2.89. The summed E-state index contributed by atoms with van der Waals surface area (Å²) in [5.41, 5.74) is 0.769. The smallest absolute Gasteiger partial charge is 0.224 e. The molecule has 2 aromatic rings. The number of furan rings is 1. The zero-order valence-electron chi connectivity index (χ0n) is 14.2. The van der Waals surface area contributed by atoms with Gasteiger partial charge in [-0.3, -0.25) is 9.59 Å². The average molecular weight is 358 g/mol. The predicted octanol–water partition coefficient (Wildman–Crippen LogP) is 3.94. The van der Waals surface area contributed by atoms with Crippen LogP contribution >= 0.6 is 11.8 Å². The number of hydrogen-bond acceptors (Lipinski definition) is 4. The van der Waals surface area contributed by atoms with Gasteiger partial charge < -0.3 is 14.6 Å². The summed E-state index contributed by atoms with van der Waals surface area (Å²) in [5, 5.41) is 2.86. The highest BCUT2D eigenvalue weighted by molar-refractivity contribution is 7.98. The number of carbonyl (C=O) groups excluding carboxylic acids is 2. The Morgan fingerprint density at radius 1 is 1.24 bits per heavy atom. The molecule has 0 radical (unpaired) electrons. The number of para-hydroxylation sites is 1. The van der Waals surface area contributed by atoms with E-state index in [1.54, 1.807) is 35.1 Å². The fraction of sp³-hybridized carbons (Fsp3) is 0.263. The van der Waals surface area contributed by atoms with E-state index in [2.05, 4.69) is 11.9 Å². The van der Waals surface area contributed by atoms with Crippen LogP contribution in [0.15, 0.2) is 64.6 Å². The Morgan fingerprint density at radius 2 is 2.04 bits per heavy atom. The third-order valence-electron chi connectivity index (χ3n) is 3.58. The Labute approximate surface area is 152 Å². The molecule has 1 aromatic heterocycles. The molecule has 0 fully saturated rings. The maximum Gasteiger partial charge on any atom is 0.224 e. The van der Waals surface area contributed by atoms with E-state index in [-0.39, 0.29) is 24.7 Å². The lowest BCUT2D eigenvalue weighted by molar-refractivity contribution is -0.133. The molecule has 2 rings (SSSR count). The van der Waals surface area contributed by atoms with Gasteiger partial charge in [0.15, 0.2) is 0 Å². The molecule has 0 saturated carbocycles. The summed E-state index contributed by atoms with van der Waals surface area (Å²) in [4.78, 5) is 27.2. The summed E-state index contributed by atoms with van der Waals surface area (Å²) in [6.45, 7) is 4.46. The maximum atomic E-state index is 12.4. The largest absolute Gasteiger partial charge is 0.467 e. The van der Waals surface area contributed by atoms with Gasteiger partial charge in [0, 0.05) is 24.3 Å². The van der Waals surface area contributed by atoms with Gasteiger partial charge in [-0.1, -0.05) is 18.2 Å². The van der Waals surface area contributed by atoms with Gasteiger partial charge in [0.25, 0.3) is 0 Å². The Kier molecular flexibility index (Phi) is 7.35. The Balaban J connectivity index is 1.88. The Bertz CT molecular complexity index is 713. The SMILES string of the molecule is C=CCN(Cc1ccco1)C(=O)CCC(=O)Nc1ccccc1SC. The molecule has 0 spiro atoms. The molecule has 0 aliphatic heterocycles. The average Bonchev–Trinajstić information content (AvgIpc) is 3.13. The molecule has 2 amide bonds. The van der Waals surface area contributed by atoms with E-state index in [1.807, 2.05) is 36.6 Å². The van der Waals surface area contributed by atoms with Crippen molar-refractivity contribution in [2.24, 2.45) is 0 Å². The molecule has 6 heteroatoms. The van der Waals surface area contributed by atoms with Crippen molar-refractivity contribution < 1.29 is 14.0 Å². The highest BCUT2D eigenvalue weighted by atomic mass is 32.2. The third-order valence-corrected chi connectivity index (χ3v) is 4.37. The molecule has 1 aromatic carbocycles. The van der Waals surface area contributed by atoms with Gasteiger partial charge in [-0.05, 0) is 30.5 Å². The summed E-state index contributed by atoms with van der Waals surface area (Å²) < 4.78 is 5.28. The molecule has 0 saturated heterocycles. The number of anilines is 1. The summed E-state index contributed by atoms with van der Waals surface area (Å²) in [7, 11) is 0. The number of thioether (sulfide) groups is 1. The summed E-state index contributed by atoms with van der Waals surface area (Å²) >= 11 is 1.56. The number of nitrogens with one attached hydrogen (secondary N) is 1. The van der Waals surface area contributed by atoms with Crippen molar-refractivity contribution >= 4 is 29.3 Å². The first-order chi connectivity index (χ1) is 12.1. The van der Waals surface area contributed by atoms with Crippen LogP contribution in [0.4, 0.5) is 5.69 Å². The molecular formula is C19H22N2O3S. The molecule has 5 nitrogen and oxygen atoms in total. The molecule has 1 N–H and O–H groups in total. The van der Waals surface area contributed by atoms with Crippen molar-refractivity contribution in [2.75, 3.05) is 18.1 Å². The number of hydrogen-bond donors (Lipinski definition) is 1. The predicted molar refractivity (Wildman–Crippen MR) is 100 cm³/mol. The topological polar surface area (TPSA) is 62.6 Å². The zero-order chi connectivity index (χ0) is 18.1. The first-order valence-corrected chi connectivity index (χ1v) is 9.20. The van der Waals surface area contributed by atoms with E-state index >= 15 is 0 Å². The van der Waals surface area contributed by atoms with Crippen LogP contribution in [-0.2, 0) is 16.1 Å². The first kappa shape index (κ1) is 18.9. The van der Waals surface area contributed by atoms with Crippen molar-refractivity contribution in [1.29, 1.82) is 0 Å². The highest BCUT2D eigenvalue weighted by Crippen LogP contribution is 2.24. The Hall–Kier alpha value is -2.47. The van der Waals surface area contributed by atoms with Crippen LogP contribution in [0.2, 0.25) is 0 Å². The van der Waals surface area contributed by atoms with Gasteiger partial charge in [-0.2, -0.15) is 0 Å². The molecular weight excluding hydrogens is 336 g/mol. The summed E-state index contributed by atoms with van der Waals surface area (Å²) in [5.74, 6) is 0.421. The van der Waals surface area contributed by atoms with Crippen LogP contribution in [0.3, 0.4) is 0 Å². The van der Waals surface area contributed by atoms with Crippen LogP contribution < -0.4 is 5.32 Å². The molecule has 0 aliphatic rings. The van der Waals surface area contributed by atoms with E-state index in [0.29, 0.717) is 18.8 Å². The standard InChI is InChI=1S/C19H22N2O3S/c1-3-12-21(14-15-7-6-13-24-15)19(23)11-10-18(22)20-16-8-4-5-9-17(16)25-2/h3-9,13H,1,10-12,14H2,2H3,(H,20,22). The van der Waals surface area contributed by atoms with Crippen molar-refractivity contribution in [2.45, 2.75) is 24.3 Å². The number of amides is 2. The van der Waals surface area contributed by atoms with Crippen LogP contribution in [0.5, 0.6) is 0 Å². The fourth-order valence-electron chi connectivity index (χ4n) is 2.34. The lowest BCUT2D eigenvalue weighted by Gasteiger charge is -2.20. The first-order valence-electron chi connectivity index (χ1n) is 7.98. The molecule has 0 atom stereocenters. The molecule has 132 valence electrons. The van der Waals surface area contributed by atoms with E-state index in [4.69, 9.17) is 4.42 Å². The van der Waals surface area contributed by atoms with Gasteiger partial charge in [-0.15, -0.1) is 18.3 Å². The van der Waals surface area contributed by atoms with Gasteiger partial charge >= 0.3 is 0 Å². The molecule has 0 aliphatic carbocycles. The van der Waals surface area contributed by atoms with Crippen LogP contribution in [-0.4, -0.2) is 29.5 Å². The minimum absolute atomic E-state index is 0.107. The van der Waals surface area contributed by atoms with Crippen LogP contribution in [0.1, 0.15) is 18.6 Å². The number of carbonyl (C=O) groups is 2. The monoisotopic (exact) mass is 358 g/mol. The second-order valence-corrected chi connectivity index (χ2v) is 6.24. The maximum absolute atomic E-state index is 12.4. The van der Waals surface area contributed by atoms with Crippen molar-refractivity contribution in [1.82, 2.24) is 4.90 Å². The minimum Gasteiger partial charge on any atom is -0.467 e. The quantitative estimate of drug-likeness (QED) is 0.545. The van der Waals surface area contributed by atoms with Gasteiger partial charge in [0.05, 0.1) is 18.5 Å². The molecule has 0 unspecified atom stereocenters. The van der Waals surface area contributed by atoms with E-state index in [1.165, 1.54) is 0 Å². The van der Waals surface area contributed by atoms with Crippen LogP contribution in [0.25, 0.3) is 0 Å². The van der Waals surface area contributed by atoms with Crippen molar-refractivity contribution in [3.8, 4) is 0 Å². The minimum atomic E-state index is -0.175. The van der Waals surface area contributed by atoms with Gasteiger partial charge in [0.2, 0.25) is 11.8 Å². The van der Waals surface area contributed by atoms with Crippen molar-refractivity contribution in [3.63, 3.8) is 0 Å². The lowest BCUT2D eigenvalue weighted by Crippen LogP contribution is -2.31. The lowest BCUT2D eigenvalue weighted by atomic mass is 10.2. The van der Waals surface area contributed by atoms with Gasteiger partial charge in [-0.25, -0.2) is 0 Å². The number of rotatable bonds is 9. The second kappa shape index (κ2) is 9.74. The molecule has 25 heavy (non-hydrogen) atoms. The number of nitrogens with zero attached hydrogens (tertiary/aromatic N) is 1. The Morgan fingerprint density at radius 3 is 2.72 bits per heavy atom. The third kappa shape index (κ3) is 5.83. The molecule has 0 bridgehead atoms. The van der Waals surface area contributed by atoms with Crippen molar-refractivity contribution in [3.05, 3.63) is 61.1 Å². The van der Waals surface area contributed by atoms with E-state index in [0.717, 1.165) is 10.6 Å². The summed E-state index contributed by atoms with van der Waals surface area (Å²) in [6.07, 6.45) is 5.46. The van der Waals surface area contributed by atoms with E-state index < -0.39 is 0 Å². The van der Waals surface area contributed by atoms with Gasteiger partial charge in [0.1, 0.15) is 5.76 Å². The molecule has 1 heterocycles. The summed E-state index contributed by atoms with van der Waals surface area (Å²) in [6, 6.07) is 11.2.